The highest BCUT2D eigenvalue weighted by Crippen LogP contribution is 2.41. The van der Waals surface area contributed by atoms with Gasteiger partial charge in [-0.2, -0.15) is 8.78 Å². The average Bonchev–Trinajstić information content (AvgIpc) is 2.38. The van der Waals surface area contributed by atoms with Crippen molar-refractivity contribution in [1.29, 1.82) is 0 Å². The summed E-state index contributed by atoms with van der Waals surface area (Å²) < 4.78 is 42.2. The first-order valence-electron chi connectivity index (χ1n) is 5.35. The molecule has 0 heterocycles. The van der Waals surface area contributed by atoms with Gasteiger partial charge in [0.25, 0.3) is 0 Å². The lowest BCUT2D eigenvalue weighted by Gasteiger charge is -2.18. The van der Waals surface area contributed by atoms with Crippen LogP contribution in [0, 0.1) is 0 Å². The van der Waals surface area contributed by atoms with Crippen LogP contribution in [0.4, 0.5) is 8.78 Å². The summed E-state index contributed by atoms with van der Waals surface area (Å²) in [7, 11) is 2.70. The molecular weight excluding hydrogens is 326 g/mol. The van der Waals surface area contributed by atoms with Crippen molar-refractivity contribution >= 4 is 21.9 Å². The maximum atomic E-state index is 13.9. The molecule has 0 aromatic heterocycles. The van der Waals surface area contributed by atoms with Gasteiger partial charge in [0.2, 0.25) is 0 Å². The van der Waals surface area contributed by atoms with Gasteiger partial charge in [0, 0.05) is 4.47 Å². The molecule has 0 unspecified atom stereocenters. The van der Waals surface area contributed by atoms with E-state index in [1.165, 1.54) is 27.2 Å². The Balaban J connectivity index is 3.30. The van der Waals surface area contributed by atoms with Crippen LogP contribution in [0.5, 0.6) is 11.5 Å². The van der Waals surface area contributed by atoms with Crippen LogP contribution in [0.25, 0.3) is 0 Å². The number of carbonyl (C=O) groups is 1. The Bertz CT molecular complexity index is 477. The number of ether oxygens (including phenoxy) is 3. The summed E-state index contributed by atoms with van der Waals surface area (Å²) in [6, 6.07) is 2.35. The average molecular weight is 339 g/mol. The van der Waals surface area contributed by atoms with Gasteiger partial charge in [0.15, 0.2) is 11.5 Å². The molecule has 0 fully saturated rings. The van der Waals surface area contributed by atoms with E-state index in [0.29, 0.717) is 0 Å². The van der Waals surface area contributed by atoms with Crippen LogP contribution in [0.1, 0.15) is 12.5 Å². The summed E-state index contributed by atoms with van der Waals surface area (Å²) in [5.41, 5.74) is -0.538. The normalized spacial score (nSPS) is 11.1. The van der Waals surface area contributed by atoms with Gasteiger partial charge in [0.05, 0.1) is 26.4 Å². The fraction of sp³-hybridized carbons (Fsp3) is 0.417. The van der Waals surface area contributed by atoms with Crippen molar-refractivity contribution in [3.63, 3.8) is 0 Å². The van der Waals surface area contributed by atoms with Crippen molar-refractivity contribution in [1.82, 2.24) is 0 Å². The van der Waals surface area contributed by atoms with Gasteiger partial charge >= 0.3 is 11.9 Å². The first-order chi connectivity index (χ1) is 8.88. The Hall–Kier alpha value is -1.37. The predicted molar refractivity (Wildman–Crippen MR) is 67.8 cm³/mol. The van der Waals surface area contributed by atoms with Crippen molar-refractivity contribution < 1.29 is 27.8 Å². The van der Waals surface area contributed by atoms with Crippen LogP contribution in [-0.2, 0) is 15.5 Å². The molecule has 0 saturated carbocycles. The van der Waals surface area contributed by atoms with Crippen LogP contribution < -0.4 is 9.47 Å². The third-order valence-corrected chi connectivity index (χ3v) is 3.00. The summed E-state index contributed by atoms with van der Waals surface area (Å²) >= 11 is 2.98. The molecule has 4 nitrogen and oxygen atoms in total. The van der Waals surface area contributed by atoms with Crippen LogP contribution in [-0.4, -0.2) is 26.8 Å². The van der Waals surface area contributed by atoms with E-state index < -0.39 is 17.5 Å². The number of methoxy groups -OCH3 is 2. The van der Waals surface area contributed by atoms with E-state index in [9.17, 15) is 13.6 Å². The minimum atomic E-state index is -3.77. The number of alkyl halides is 2. The quantitative estimate of drug-likeness (QED) is 0.774. The molecule has 0 saturated heterocycles. The van der Waals surface area contributed by atoms with E-state index in [-0.39, 0.29) is 22.6 Å². The largest absolute Gasteiger partial charge is 0.493 e. The van der Waals surface area contributed by atoms with Crippen LogP contribution >= 0.6 is 15.9 Å². The molecule has 0 N–H and O–H groups in total. The minimum absolute atomic E-state index is 0.0307. The van der Waals surface area contributed by atoms with Gasteiger partial charge in [0.1, 0.15) is 0 Å². The Morgan fingerprint density at radius 3 is 2.26 bits per heavy atom. The topological polar surface area (TPSA) is 44.8 Å². The third-order valence-electron chi connectivity index (χ3n) is 2.34. The second-order valence-electron chi connectivity index (χ2n) is 3.48. The summed E-state index contributed by atoms with van der Waals surface area (Å²) in [5.74, 6) is -5.00. The smallest absolute Gasteiger partial charge is 0.382 e. The highest BCUT2D eigenvalue weighted by molar-refractivity contribution is 9.10. The highest BCUT2D eigenvalue weighted by atomic mass is 79.9. The Labute approximate surface area is 117 Å². The van der Waals surface area contributed by atoms with E-state index >= 15 is 0 Å². The minimum Gasteiger partial charge on any atom is -0.493 e. The maximum Gasteiger partial charge on any atom is 0.382 e. The van der Waals surface area contributed by atoms with E-state index in [1.54, 1.807) is 0 Å². The van der Waals surface area contributed by atoms with Crippen LogP contribution in [0.2, 0.25) is 0 Å². The van der Waals surface area contributed by atoms with E-state index in [2.05, 4.69) is 20.7 Å². The fourth-order valence-electron chi connectivity index (χ4n) is 1.43. The molecule has 0 aliphatic rings. The number of hydrogen-bond donors (Lipinski definition) is 0. The number of halogens is 3. The molecule has 7 heteroatoms. The zero-order valence-corrected chi connectivity index (χ0v) is 12.2. The van der Waals surface area contributed by atoms with Crippen molar-refractivity contribution in [3.8, 4) is 11.5 Å². The summed E-state index contributed by atoms with van der Waals surface area (Å²) in [6.45, 7) is 1.33. The second kappa shape index (κ2) is 6.18. The molecule has 0 bridgehead atoms. The van der Waals surface area contributed by atoms with Crippen molar-refractivity contribution in [2.45, 2.75) is 12.8 Å². The Kier molecular flexibility index (Phi) is 5.11. The number of esters is 1. The number of rotatable bonds is 5. The molecule has 0 atom stereocenters. The van der Waals surface area contributed by atoms with E-state index in [4.69, 9.17) is 9.47 Å². The predicted octanol–water partition coefficient (Wildman–Crippen LogP) is 3.12. The molecule has 1 aromatic rings. The summed E-state index contributed by atoms with van der Waals surface area (Å²) in [4.78, 5) is 11.3. The molecule has 0 amide bonds. The van der Waals surface area contributed by atoms with Crippen LogP contribution in [0.3, 0.4) is 0 Å². The first kappa shape index (κ1) is 15.7. The van der Waals surface area contributed by atoms with Crippen LogP contribution in [0.15, 0.2) is 16.6 Å². The fourth-order valence-corrected chi connectivity index (χ4v) is 2.00. The highest BCUT2D eigenvalue weighted by Gasteiger charge is 2.44. The molecule has 0 aliphatic heterocycles. The van der Waals surface area contributed by atoms with Gasteiger partial charge in [-0.05, 0) is 19.1 Å². The second-order valence-corrected chi connectivity index (χ2v) is 4.34. The lowest BCUT2D eigenvalue weighted by molar-refractivity contribution is -0.173. The number of carbonyl (C=O) groups excluding carboxylic acids is 1. The molecule has 0 aliphatic carbocycles. The van der Waals surface area contributed by atoms with Gasteiger partial charge in [-0.1, -0.05) is 15.9 Å². The lowest BCUT2D eigenvalue weighted by atomic mass is 10.1. The first-order valence-corrected chi connectivity index (χ1v) is 6.14. The van der Waals surface area contributed by atoms with Crippen molar-refractivity contribution in [2.75, 3.05) is 20.8 Å². The standard InChI is InChI=1S/C12H13BrF2O4/c1-4-19-11(16)12(14,15)7-5-9(17-2)10(18-3)6-8(7)13/h5-6H,4H2,1-3H3. The number of benzene rings is 1. The van der Waals surface area contributed by atoms with E-state index in [0.717, 1.165) is 6.07 Å². The Morgan fingerprint density at radius 1 is 1.26 bits per heavy atom. The van der Waals surface area contributed by atoms with Gasteiger partial charge < -0.3 is 14.2 Å². The molecular formula is C12H13BrF2O4. The van der Waals surface area contributed by atoms with Crippen molar-refractivity contribution in [2.24, 2.45) is 0 Å². The zero-order chi connectivity index (χ0) is 14.6. The van der Waals surface area contributed by atoms with Crippen molar-refractivity contribution in [3.05, 3.63) is 22.2 Å². The third kappa shape index (κ3) is 3.15. The summed E-state index contributed by atoms with van der Waals surface area (Å²) in [5, 5.41) is 0. The molecule has 1 rings (SSSR count). The SMILES string of the molecule is CCOC(=O)C(F)(F)c1cc(OC)c(OC)cc1Br. The van der Waals surface area contributed by atoms with Gasteiger partial charge in [-0.15, -0.1) is 0 Å². The molecule has 1 aromatic carbocycles. The van der Waals surface area contributed by atoms with E-state index in [1.807, 2.05) is 0 Å². The molecule has 0 spiro atoms. The summed E-state index contributed by atoms with van der Waals surface area (Å²) in [6.07, 6.45) is 0. The molecule has 19 heavy (non-hydrogen) atoms. The molecule has 0 radical (unpaired) electrons. The Morgan fingerprint density at radius 2 is 1.79 bits per heavy atom. The number of hydrogen-bond acceptors (Lipinski definition) is 4. The van der Waals surface area contributed by atoms with Gasteiger partial charge in [-0.3, -0.25) is 0 Å². The monoisotopic (exact) mass is 338 g/mol. The molecule has 106 valence electrons. The zero-order valence-electron chi connectivity index (χ0n) is 10.6. The van der Waals surface area contributed by atoms with Gasteiger partial charge in [-0.25, -0.2) is 4.79 Å². The lowest BCUT2D eigenvalue weighted by Crippen LogP contribution is -2.28. The maximum absolute atomic E-state index is 13.9.